The molecule has 1 saturated carbocycles. The number of carbonyl (C=O) groups is 3. The minimum absolute atomic E-state index is 0.0275. The number of rotatable bonds is 5. The summed E-state index contributed by atoms with van der Waals surface area (Å²) < 4.78 is 5.34. The fraction of sp³-hybridized carbons (Fsp3) is 0.591. The number of fused-ring (bicyclic) bond motifs is 1. The summed E-state index contributed by atoms with van der Waals surface area (Å²) in [6, 6.07) is 3.71. The van der Waals surface area contributed by atoms with Crippen molar-refractivity contribution in [2.45, 2.75) is 63.8 Å². The third-order valence-corrected chi connectivity index (χ3v) is 6.68. The molecule has 3 unspecified atom stereocenters. The van der Waals surface area contributed by atoms with E-state index in [1.165, 1.54) is 0 Å². The second-order valence-electron chi connectivity index (χ2n) is 8.27. The van der Waals surface area contributed by atoms with Crippen LogP contribution in [0.4, 0.5) is 0 Å². The second kappa shape index (κ2) is 8.03. The molecule has 1 aromatic carbocycles. The van der Waals surface area contributed by atoms with Gasteiger partial charge in [-0.25, -0.2) is 0 Å². The number of aryl methyl sites for hydroxylation is 1. The van der Waals surface area contributed by atoms with Gasteiger partial charge in [0.2, 0.25) is 0 Å². The Bertz CT molecular complexity index is 789. The Balaban J connectivity index is 2.04. The quantitative estimate of drug-likeness (QED) is 0.475. The first-order valence-corrected chi connectivity index (χ1v) is 9.99. The van der Waals surface area contributed by atoms with Gasteiger partial charge in [-0.1, -0.05) is 6.07 Å². The smallest absolute Gasteiger partial charge is 0.311 e. The number of esters is 1. The van der Waals surface area contributed by atoms with Gasteiger partial charge in [0.1, 0.15) is 12.1 Å². The van der Waals surface area contributed by atoms with Gasteiger partial charge in [0.25, 0.3) is 0 Å². The molecule has 0 bridgehead atoms. The van der Waals surface area contributed by atoms with Crippen LogP contribution in [0.25, 0.3) is 0 Å². The number of piperidine rings is 1. The fourth-order valence-corrected chi connectivity index (χ4v) is 5.16. The summed E-state index contributed by atoms with van der Waals surface area (Å²) in [6.45, 7) is 4.96. The van der Waals surface area contributed by atoms with Crippen molar-refractivity contribution >= 4 is 18.0 Å². The maximum Gasteiger partial charge on any atom is 0.311 e. The number of aromatic hydroxyl groups is 1. The van der Waals surface area contributed by atoms with Gasteiger partial charge in [-0.3, -0.25) is 9.59 Å². The standard InChI is InChI=1S/C22H29NO5/c1-14-6-9-18(28-19(26)5-4-12-24)21(27)20(14)22-10-11-23(3)15(2)17(22)8-7-16(25)13-22/h6,9,12,15,17,27H,4-5,7-8,10-11,13H2,1-3H3. The molecule has 0 spiro atoms. The largest absolute Gasteiger partial charge is 0.504 e. The molecule has 0 radical (unpaired) electrons. The summed E-state index contributed by atoms with van der Waals surface area (Å²) >= 11 is 0. The van der Waals surface area contributed by atoms with Gasteiger partial charge in [-0.05, 0) is 57.8 Å². The fourth-order valence-electron chi connectivity index (χ4n) is 5.16. The van der Waals surface area contributed by atoms with Crippen LogP contribution in [-0.4, -0.2) is 47.7 Å². The molecular formula is C22H29NO5. The highest BCUT2D eigenvalue weighted by Gasteiger charge is 2.52. The average Bonchev–Trinajstić information content (AvgIpc) is 2.65. The van der Waals surface area contributed by atoms with Crippen molar-refractivity contribution < 1.29 is 24.2 Å². The summed E-state index contributed by atoms with van der Waals surface area (Å²) in [6.07, 6.45) is 3.28. The van der Waals surface area contributed by atoms with Gasteiger partial charge in [-0.2, -0.15) is 0 Å². The molecule has 28 heavy (non-hydrogen) atoms. The number of nitrogens with zero attached hydrogens (tertiary/aromatic N) is 1. The first kappa shape index (κ1) is 20.5. The van der Waals surface area contributed by atoms with Crippen LogP contribution in [0.3, 0.4) is 0 Å². The van der Waals surface area contributed by atoms with Crippen molar-refractivity contribution in [3.63, 3.8) is 0 Å². The number of ketones is 1. The predicted molar refractivity (Wildman–Crippen MR) is 105 cm³/mol. The van der Waals surface area contributed by atoms with Crippen LogP contribution < -0.4 is 4.74 Å². The van der Waals surface area contributed by atoms with Crippen LogP contribution in [0.1, 0.15) is 56.6 Å². The Morgan fingerprint density at radius 2 is 2.18 bits per heavy atom. The number of ether oxygens (including phenoxy) is 1. The van der Waals surface area contributed by atoms with E-state index in [-0.39, 0.29) is 36.0 Å². The van der Waals surface area contributed by atoms with Gasteiger partial charge in [0, 0.05) is 36.3 Å². The van der Waals surface area contributed by atoms with Crippen LogP contribution in [0.2, 0.25) is 0 Å². The Kier molecular flexibility index (Phi) is 5.89. The van der Waals surface area contributed by atoms with E-state index in [4.69, 9.17) is 4.74 Å². The van der Waals surface area contributed by atoms with Crippen LogP contribution in [0, 0.1) is 12.8 Å². The molecule has 3 rings (SSSR count). The maximum atomic E-state index is 12.5. The van der Waals surface area contributed by atoms with E-state index >= 15 is 0 Å². The number of hydrogen-bond donors (Lipinski definition) is 1. The van der Waals surface area contributed by atoms with Crippen molar-refractivity contribution in [3.8, 4) is 11.5 Å². The van der Waals surface area contributed by atoms with Crippen LogP contribution >= 0.6 is 0 Å². The minimum atomic E-state index is -0.553. The normalized spacial score (nSPS) is 27.9. The van der Waals surface area contributed by atoms with Gasteiger partial charge in [0.05, 0.1) is 6.42 Å². The average molecular weight is 387 g/mol. The van der Waals surface area contributed by atoms with Crippen molar-refractivity contribution in [1.29, 1.82) is 0 Å². The van der Waals surface area contributed by atoms with E-state index in [9.17, 15) is 19.5 Å². The lowest BCUT2D eigenvalue weighted by atomic mass is 9.56. The monoisotopic (exact) mass is 387 g/mol. The summed E-state index contributed by atoms with van der Waals surface area (Å²) in [4.78, 5) is 37.2. The molecule has 1 heterocycles. The molecule has 1 aromatic rings. The lowest BCUT2D eigenvalue weighted by Crippen LogP contribution is -2.56. The van der Waals surface area contributed by atoms with E-state index in [2.05, 4.69) is 18.9 Å². The highest BCUT2D eigenvalue weighted by atomic mass is 16.5. The summed E-state index contributed by atoms with van der Waals surface area (Å²) in [7, 11) is 2.10. The molecule has 1 aliphatic heterocycles. The second-order valence-corrected chi connectivity index (χ2v) is 8.27. The van der Waals surface area contributed by atoms with Gasteiger partial charge < -0.3 is 19.5 Å². The van der Waals surface area contributed by atoms with Crippen molar-refractivity contribution in [2.75, 3.05) is 13.6 Å². The number of carbonyl (C=O) groups excluding carboxylic acids is 3. The number of phenols is 1. The van der Waals surface area contributed by atoms with Gasteiger partial charge >= 0.3 is 5.97 Å². The third-order valence-electron chi connectivity index (χ3n) is 6.68. The van der Waals surface area contributed by atoms with E-state index < -0.39 is 11.4 Å². The van der Waals surface area contributed by atoms with Crippen molar-refractivity contribution in [3.05, 3.63) is 23.3 Å². The molecule has 2 fully saturated rings. The zero-order valence-corrected chi connectivity index (χ0v) is 16.9. The van der Waals surface area contributed by atoms with Crippen LogP contribution in [0.15, 0.2) is 12.1 Å². The molecule has 1 N–H and O–H groups in total. The third kappa shape index (κ3) is 3.58. The Labute approximate surface area is 165 Å². The topological polar surface area (TPSA) is 83.9 Å². The maximum absolute atomic E-state index is 12.5. The summed E-state index contributed by atoms with van der Waals surface area (Å²) in [5.41, 5.74) is 1.20. The van der Waals surface area contributed by atoms with Crippen molar-refractivity contribution in [2.24, 2.45) is 5.92 Å². The molecule has 1 aliphatic carbocycles. The van der Waals surface area contributed by atoms with Crippen molar-refractivity contribution in [1.82, 2.24) is 4.90 Å². The zero-order chi connectivity index (χ0) is 20.5. The first-order valence-electron chi connectivity index (χ1n) is 9.99. The SMILES string of the molecule is Cc1ccc(OC(=O)CCC=O)c(O)c1C12CCN(C)C(C)C1CCC(=O)C2. The van der Waals surface area contributed by atoms with E-state index in [0.717, 1.165) is 30.5 Å². The molecule has 2 aliphatic rings. The molecule has 3 atom stereocenters. The van der Waals surface area contributed by atoms with Crippen LogP contribution in [0.5, 0.6) is 11.5 Å². The lowest BCUT2D eigenvalue weighted by molar-refractivity contribution is -0.135. The minimum Gasteiger partial charge on any atom is -0.504 e. The number of likely N-dealkylation sites (tertiary alicyclic amines) is 1. The molecule has 6 heteroatoms. The molecule has 152 valence electrons. The number of hydrogen-bond acceptors (Lipinski definition) is 6. The number of benzene rings is 1. The Hall–Kier alpha value is -2.21. The molecule has 6 nitrogen and oxygen atoms in total. The molecular weight excluding hydrogens is 358 g/mol. The molecule has 0 amide bonds. The van der Waals surface area contributed by atoms with E-state index in [1.54, 1.807) is 6.07 Å². The van der Waals surface area contributed by atoms with E-state index in [1.807, 2.05) is 13.0 Å². The summed E-state index contributed by atoms with van der Waals surface area (Å²) in [5.74, 6) is -0.0254. The molecule has 0 aromatic heterocycles. The number of aldehydes is 1. The summed E-state index contributed by atoms with van der Waals surface area (Å²) in [5, 5.41) is 11.1. The highest BCUT2D eigenvalue weighted by molar-refractivity contribution is 5.82. The Morgan fingerprint density at radius 1 is 1.43 bits per heavy atom. The van der Waals surface area contributed by atoms with E-state index in [0.29, 0.717) is 25.2 Å². The van der Waals surface area contributed by atoms with Crippen LogP contribution in [-0.2, 0) is 19.8 Å². The van der Waals surface area contributed by atoms with Gasteiger partial charge in [0.15, 0.2) is 11.5 Å². The predicted octanol–water partition coefficient (Wildman–Crippen LogP) is 2.92. The first-order chi connectivity index (χ1) is 13.3. The van der Waals surface area contributed by atoms with Gasteiger partial charge in [-0.15, -0.1) is 0 Å². The lowest BCUT2D eigenvalue weighted by Gasteiger charge is -2.54. The number of phenolic OH excluding ortho intramolecular Hbond substituents is 1. The molecule has 1 saturated heterocycles. The number of Topliss-reactive ketones (excluding diaryl/α,β-unsaturated/α-hetero) is 1. The highest BCUT2D eigenvalue weighted by Crippen LogP contribution is 2.54. The Morgan fingerprint density at radius 3 is 2.89 bits per heavy atom. The zero-order valence-electron chi connectivity index (χ0n) is 16.9.